The van der Waals surface area contributed by atoms with Gasteiger partial charge in [0, 0.05) is 49.5 Å². The van der Waals surface area contributed by atoms with E-state index < -0.39 is 0 Å². The van der Waals surface area contributed by atoms with Gasteiger partial charge in [0.25, 0.3) is 0 Å². The molecule has 2 aliphatic heterocycles. The molecule has 0 aromatic heterocycles. The van der Waals surface area contributed by atoms with Crippen LogP contribution in [-0.2, 0) is 4.79 Å². The summed E-state index contributed by atoms with van der Waals surface area (Å²) in [6, 6.07) is 15.9. The summed E-state index contributed by atoms with van der Waals surface area (Å²) >= 11 is 1.53. The lowest BCUT2D eigenvalue weighted by Gasteiger charge is -2.36. The number of para-hydroxylation sites is 1. The standard InChI is InChI=1S/C20H22N4O2S/c1-22-17-13-15(7-8-18(17)27-14-19(22)25)21-20(26)24-11-9-23(10-12-24)16-5-3-2-4-6-16/h2-8,13H,9-12,14H2,1H3,(H,21,26). The van der Waals surface area contributed by atoms with Gasteiger partial charge in [-0.3, -0.25) is 4.79 Å². The normalized spacial score (nSPS) is 16.9. The molecule has 0 bridgehead atoms. The van der Waals surface area contributed by atoms with Crippen LogP contribution in [0.1, 0.15) is 0 Å². The lowest BCUT2D eigenvalue weighted by atomic mass is 10.2. The van der Waals surface area contributed by atoms with E-state index in [1.54, 1.807) is 11.9 Å². The van der Waals surface area contributed by atoms with Gasteiger partial charge < -0.3 is 20.0 Å². The summed E-state index contributed by atoms with van der Waals surface area (Å²) in [5.41, 5.74) is 2.76. The summed E-state index contributed by atoms with van der Waals surface area (Å²) in [5, 5.41) is 2.97. The minimum Gasteiger partial charge on any atom is -0.368 e. The highest BCUT2D eigenvalue weighted by Gasteiger charge is 2.24. The lowest BCUT2D eigenvalue weighted by molar-refractivity contribution is -0.116. The van der Waals surface area contributed by atoms with Gasteiger partial charge in [0.15, 0.2) is 0 Å². The topological polar surface area (TPSA) is 55.9 Å². The second-order valence-corrected chi connectivity index (χ2v) is 7.68. The van der Waals surface area contributed by atoms with Gasteiger partial charge in [0.2, 0.25) is 5.91 Å². The summed E-state index contributed by atoms with van der Waals surface area (Å²) < 4.78 is 0. The summed E-state index contributed by atoms with van der Waals surface area (Å²) in [5.74, 6) is 0.536. The zero-order valence-corrected chi connectivity index (χ0v) is 16.0. The fraction of sp³-hybridized carbons (Fsp3) is 0.300. The van der Waals surface area contributed by atoms with E-state index in [0.717, 1.165) is 23.7 Å². The highest BCUT2D eigenvalue weighted by molar-refractivity contribution is 8.00. The second kappa shape index (κ2) is 7.52. The van der Waals surface area contributed by atoms with Crippen molar-refractivity contribution in [2.45, 2.75) is 4.90 Å². The first-order chi connectivity index (χ1) is 13.1. The molecule has 2 aliphatic rings. The maximum Gasteiger partial charge on any atom is 0.321 e. The van der Waals surface area contributed by atoms with Gasteiger partial charge >= 0.3 is 6.03 Å². The average molecular weight is 382 g/mol. The SMILES string of the molecule is CN1C(=O)CSc2ccc(NC(=O)N3CCN(c4ccccc4)CC3)cc21. The van der Waals surface area contributed by atoms with E-state index in [-0.39, 0.29) is 11.9 Å². The predicted molar refractivity (Wildman–Crippen MR) is 110 cm³/mol. The van der Waals surface area contributed by atoms with E-state index in [4.69, 9.17) is 0 Å². The third-order valence-electron chi connectivity index (χ3n) is 4.99. The van der Waals surface area contributed by atoms with Crippen molar-refractivity contribution >= 4 is 40.8 Å². The minimum absolute atomic E-state index is 0.0769. The van der Waals surface area contributed by atoms with Gasteiger partial charge in [0.05, 0.1) is 11.4 Å². The van der Waals surface area contributed by atoms with Crippen LogP contribution < -0.4 is 15.1 Å². The van der Waals surface area contributed by atoms with Gasteiger partial charge in [-0.1, -0.05) is 18.2 Å². The zero-order chi connectivity index (χ0) is 18.8. The largest absolute Gasteiger partial charge is 0.368 e. The summed E-state index contributed by atoms with van der Waals surface area (Å²) in [4.78, 5) is 31.4. The fourth-order valence-corrected chi connectivity index (χ4v) is 4.34. The Morgan fingerprint density at radius 1 is 1.04 bits per heavy atom. The van der Waals surface area contributed by atoms with E-state index in [1.165, 1.54) is 17.4 Å². The number of amides is 3. The molecule has 6 nitrogen and oxygen atoms in total. The van der Waals surface area contributed by atoms with Gasteiger partial charge in [-0.05, 0) is 30.3 Å². The summed E-state index contributed by atoms with van der Waals surface area (Å²) in [6.45, 7) is 2.99. The Labute approximate surface area is 163 Å². The molecule has 0 unspecified atom stereocenters. The average Bonchev–Trinajstić information content (AvgIpc) is 2.72. The number of nitrogens with zero attached hydrogens (tertiary/aromatic N) is 3. The Balaban J connectivity index is 1.38. The molecule has 7 heteroatoms. The van der Waals surface area contributed by atoms with Crippen molar-refractivity contribution < 1.29 is 9.59 Å². The number of carbonyl (C=O) groups is 2. The Morgan fingerprint density at radius 3 is 2.52 bits per heavy atom. The molecule has 0 radical (unpaired) electrons. The smallest absolute Gasteiger partial charge is 0.321 e. The number of hydrogen-bond acceptors (Lipinski definition) is 4. The molecule has 0 atom stereocenters. The first kappa shape index (κ1) is 17.7. The highest BCUT2D eigenvalue weighted by atomic mass is 32.2. The molecule has 2 heterocycles. The molecule has 3 amide bonds. The van der Waals surface area contributed by atoms with Crippen LogP contribution >= 0.6 is 11.8 Å². The number of benzene rings is 2. The maximum atomic E-state index is 12.6. The number of piperazine rings is 1. The Hall–Kier alpha value is -2.67. The van der Waals surface area contributed by atoms with Crippen molar-refractivity contribution in [3.8, 4) is 0 Å². The molecule has 4 rings (SSSR count). The number of nitrogens with one attached hydrogen (secondary N) is 1. The number of fused-ring (bicyclic) bond motifs is 1. The summed E-state index contributed by atoms with van der Waals surface area (Å²) in [7, 11) is 1.77. The number of urea groups is 1. The van der Waals surface area contributed by atoms with Crippen LogP contribution in [0.15, 0.2) is 53.4 Å². The first-order valence-corrected chi connectivity index (χ1v) is 10.00. The van der Waals surface area contributed by atoms with Gasteiger partial charge in [-0.2, -0.15) is 0 Å². The van der Waals surface area contributed by atoms with Crippen LogP contribution in [0.2, 0.25) is 0 Å². The lowest BCUT2D eigenvalue weighted by Crippen LogP contribution is -2.50. The third kappa shape index (κ3) is 3.73. The molecule has 27 heavy (non-hydrogen) atoms. The molecule has 0 saturated carbocycles. The molecule has 1 saturated heterocycles. The number of anilines is 3. The fourth-order valence-electron chi connectivity index (χ4n) is 3.36. The van der Waals surface area contributed by atoms with Crippen LogP contribution in [0, 0.1) is 0 Å². The molecule has 1 N–H and O–H groups in total. The molecule has 0 spiro atoms. The van der Waals surface area contributed by atoms with Gasteiger partial charge in [0.1, 0.15) is 0 Å². The number of carbonyl (C=O) groups excluding carboxylic acids is 2. The van der Waals surface area contributed by atoms with Crippen LogP contribution in [0.4, 0.5) is 21.9 Å². The third-order valence-corrected chi connectivity index (χ3v) is 6.03. The van der Waals surface area contributed by atoms with Crippen LogP contribution in [0.25, 0.3) is 0 Å². The molecule has 2 aromatic carbocycles. The predicted octanol–water partition coefficient (Wildman–Crippen LogP) is 3.11. The van der Waals surface area contributed by atoms with E-state index in [1.807, 2.05) is 41.3 Å². The van der Waals surface area contributed by atoms with Crippen molar-refractivity contribution in [2.24, 2.45) is 0 Å². The van der Waals surface area contributed by atoms with E-state index >= 15 is 0 Å². The van der Waals surface area contributed by atoms with Crippen molar-refractivity contribution in [1.82, 2.24) is 4.90 Å². The number of rotatable bonds is 2. The van der Waals surface area contributed by atoms with Crippen LogP contribution in [0.3, 0.4) is 0 Å². The van der Waals surface area contributed by atoms with Crippen LogP contribution in [-0.4, -0.2) is 55.8 Å². The maximum absolute atomic E-state index is 12.6. The Bertz CT molecular complexity index is 850. The van der Waals surface area contributed by atoms with Crippen molar-refractivity contribution in [3.05, 3.63) is 48.5 Å². The van der Waals surface area contributed by atoms with Gasteiger partial charge in [-0.15, -0.1) is 11.8 Å². The van der Waals surface area contributed by atoms with E-state index in [0.29, 0.717) is 24.5 Å². The molecule has 1 fully saturated rings. The number of hydrogen-bond donors (Lipinski definition) is 1. The van der Waals surface area contributed by atoms with Crippen molar-refractivity contribution in [2.75, 3.05) is 54.1 Å². The summed E-state index contributed by atoms with van der Waals surface area (Å²) in [6.07, 6.45) is 0. The Kier molecular flexibility index (Phi) is 4.94. The number of thioether (sulfide) groups is 1. The van der Waals surface area contributed by atoms with Crippen molar-refractivity contribution in [1.29, 1.82) is 0 Å². The highest BCUT2D eigenvalue weighted by Crippen LogP contribution is 2.36. The van der Waals surface area contributed by atoms with E-state index in [2.05, 4.69) is 22.3 Å². The van der Waals surface area contributed by atoms with Crippen LogP contribution in [0.5, 0.6) is 0 Å². The van der Waals surface area contributed by atoms with Crippen molar-refractivity contribution in [3.63, 3.8) is 0 Å². The van der Waals surface area contributed by atoms with Gasteiger partial charge in [-0.25, -0.2) is 4.79 Å². The molecular formula is C20H22N4O2S. The van der Waals surface area contributed by atoms with E-state index in [9.17, 15) is 9.59 Å². The second-order valence-electron chi connectivity index (χ2n) is 6.66. The zero-order valence-electron chi connectivity index (χ0n) is 15.2. The quantitative estimate of drug-likeness (QED) is 0.867. The first-order valence-electron chi connectivity index (χ1n) is 9.01. The Morgan fingerprint density at radius 2 is 1.78 bits per heavy atom. The minimum atomic E-state index is -0.0971. The molecule has 2 aromatic rings. The molecule has 140 valence electrons. The molecule has 0 aliphatic carbocycles. The molecular weight excluding hydrogens is 360 g/mol. The monoisotopic (exact) mass is 382 g/mol.